The van der Waals surface area contributed by atoms with Gasteiger partial charge in [-0.05, 0) is 56.2 Å². The van der Waals surface area contributed by atoms with Gasteiger partial charge in [0.2, 0.25) is 0 Å². The summed E-state index contributed by atoms with van der Waals surface area (Å²) in [4.78, 5) is 13.2. The summed E-state index contributed by atoms with van der Waals surface area (Å²) in [6, 6.07) is 11.6. The average molecular weight is 327 g/mol. The molecule has 0 amide bonds. The van der Waals surface area contributed by atoms with Crippen LogP contribution >= 0.6 is 0 Å². The third kappa shape index (κ3) is 3.64. The molecular formula is C18H21N3O3. The van der Waals surface area contributed by atoms with Gasteiger partial charge in [0.05, 0.1) is 18.2 Å². The molecule has 0 saturated carbocycles. The number of hydrogen-bond donors (Lipinski definition) is 1. The van der Waals surface area contributed by atoms with Gasteiger partial charge in [0.25, 0.3) is 0 Å². The maximum atomic E-state index is 11.2. The van der Waals surface area contributed by atoms with E-state index < -0.39 is 5.97 Å². The SMILES string of the molecule is CCOc1ccc(-c2ccc(N3CCCC(C(=O)O)C3)nn2)cc1. The minimum absolute atomic E-state index is 0.327. The number of carbonyl (C=O) groups is 1. The number of ether oxygens (including phenoxy) is 1. The molecule has 1 unspecified atom stereocenters. The zero-order chi connectivity index (χ0) is 16.9. The van der Waals surface area contributed by atoms with Crippen molar-refractivity contribution in [2.45, 2.75) is 19.8 Å². The Morgan fingerprint density at radius 2 is 2.04 bits per heavy atom. The zero-order valence-electron chi connectivity index (χ0n) is 13.7. The number of aliphatic carboxylic acids is 1. The minimum Gasteiger partial charge on any atom is -0.494 e. The Balaban J connectivity index is 1.72. The molecule has 1 aromatic carbocycles. The van der Waals surface area contributed by atoms with Crippen molar-refractivity contribution in [1.82, 2.24) is 10.2 Å². The Hall–Kier alpha value is -2.63. The maximum absolute atomic E-state index is 11.2. The van der Waals surface area contributed by atoms with E-state index >= 15 is 0 Å². The van der Waals surface area contributed by atoms with Crippen LogP contribution in [-0.2, 0) is 4.79 Å². The van der Waals surface area contributed by atoms with Crippen LogP contribution in [0, 0.1) is 5.92 Å². The van der Waals surface area contributed by atoms with Crippen LogP contribution in [0.4, 0.5) is 5.82 Å². The fourth-order valence-corrected chi connectivity index (χ4v) is 2.92. The van der Waals surface area contributed by atoms with E-state index in [9.17, 15) is 9.90 Å². The van der Waals surface area contributed by atoms with Crippen LogP contribution in [-0.4, -0.2) is 41.0 Å². The largest absolute Gasteiger partial charge is 0.494 e. The van der Waals surface area contributed by atoms with E-state index in [-0.39, 0.29) is 5.92 Å². The first-order valence-electron chi connectivity index (χ1n) is 8.22. The third-order valence-electron chi connectivity index (χ3n) is 4.21. The van der Waals surface area contributed by atoms with Gasteiger partial charge in [0.15, 0.2) is 5.82 Å². The van der Waals surface area contributed by atoms with E-state index in [1.807, 2.05) is 48.2 Å². The molecule has 1 aromatic heterocycles. The second-order valence-corrected chi connectivity index (χ2v) is 5.86. The van der Waals surface area contributed by atoms with Crippen LogP contribution in [0.2, 0.25) is 0 Å². The lowest BCUT2D eigenvalue weighted by Gasteiger charge is -2.31. The number of carboxylic acids is 1. The zero-order valence-corrected chi connectivity index (χ0v) is 13.7. The minimum atomic E-state index is -0.737. The van der Waals surface area contributed by atoms with Crippen LogP contribution in [0.1, 0.15) is 19.8 Å². The highest BCUT2D eigenvalue weighted by atomic mass is 16.5. The molecule has 6 nitrogen and oxygen atoms in total. The van der Waals surface area contributed by atoms with Gasteiger partial charge < -0.3 is 14.7 Å². The number of benzene rings is 1. The number of piperidine rings is 1. The first kappa shape index (κ1) is 16.2. The number of nitrogens with zero attached hydrogens (tertiary/aromatic N) is 3. The van der Waals surface area contributed by atoms with Crippen molar-refractivity contribution in [3.05, 3.63) is 36.4 Å². The number of carboxylic acid groups (broad SMARTS) is 1. The average Bonchev–Trinajstić information content (AvgIpc) is 2.63. The van der Waals surface area contributed by atoms with E-state index in [2.05, 4.69) is 10.2 Å². The predicted molar refractivity (Wildman–Crippen MR) is 91.2 cm³/mol. The summed E-state index contributed by atoms with van der Waals surface area (Å²) in [5, 5.41) is 17.8. The second-order valence-electron chi connectivity index (χ2n) is 5.86. The van der Waals surface area contributed by atoms with Gasteiger partial charge in [0.1, 0.15) is 5.75 Å². The molecule has 1 atom stereocenters. The smallest absolute Gasteiger partial charge is 0.308 e. The molecule has 1 saturated heterocycles. The molecule has 3 rings (SSSR count). The van der Waals surface area contributed by atoms with Crippen molar-refractivity contribution in [3.63, 3.8) is 0 Å². The van der Waals surface area contributed by atoms with Crippen LogP contribution < -0.4 is 9.64 Å². The lowest BCUT2D eigenvalue weighted by atomic mass is 9.98. The summed E-state index contributed by atoms with van der Waals surface area (Å²) in [7, 11) is 0. The normalized spacial score (nSPS) is 17.5. The monoisotopic (exact) mass is 327 g/mol. The predicted octanol–water partition coefficient (Wildman–Crippen LogP) is 2.84. The molecule has 0 aliphatic carbocycles. The highest BCUT2D eigenvalue weighted by molar-refractivity contribution is 5.71. The first-order chi connectivity index (χ1) is 11.7. The van der Waals surface area contributed by atoms with Gasteiger partial charge in [-0.2, -0.15) is 0 Å². The van der Waals surface area contributed by atoms with Crippen LogP contribution in [0.5, 0.6) is 5.75 Å². The van der Waals surface area contributed by atoms with Gasteiger partial charge >= 0.3 is 5.97 Å². The molecule has 1 fully saturated rings. The molecule has 2 heterocycles. The van der Waals surface area contributed by atoms with Gasteiger partial charge in [-0.3, -0.25) is 4.79 Å². The Kier molecular flexibility index (Phi) is 4.93. The molecule has 1 aliphatic heterocycles. The Morgan fingerprint density at radius 3 is 2.67 bits per heavy atom. The molecule has 24 heavy (non-hydrogen) atoms. The molecule has 126 valence electrons. The van der Waals surface area contributed by atoms with Crippen molar-refractivity contribution in [2.75, 3.05) is 24.6 Å². The summed E-state index contributed by atoms with van der Waals surface area (Å²) < 4.78 is 5.43. The molecular weight excluding hydrogens is 306 g/mol. The van der Waals surface area contributed by atoms with Gasteiger partial charge in [-0.1, -0.05) is 0 Å². The lowest BCUT2D eigenvalue weighted by Crippen LogP contribution is -2.39. The number of rotatable bonds is 5. The van der Waals surface area contributed by atoms with E-state index in [0.29, 0.717) is 13.2 Å². The summed E-state index contributed by atoms with van der Waals surface area (Å²) in [5.41, 5.74) is 1.76. The molecule has 0 spiro atoms. The number of aromatic nitrogens is 2. The summed E-state index contributed by atoms with van der Waals surface area (Å²) in [6.45, 7) is 3.90. The van der Waals surface area contributed by atoms with Gasteiger partial charge in [-0.15, -0.1) is 10.2 Å². The molecule has 6 heteroatoms. The molecule has 1 N–H and O–H groups in total. The molecule has 0 bridgehead atoms. The van der Waals surface area contributed by atoms with Crippen LogP contribution in [0.3, 0.4) is 0 Å². The Labute approximate surface area is 141 Å². The van der Waals surface area contributed by atoms with Crippen molar-refractivity contribution in [1.29, 1.82) is 0 Å². The summed E-state index contributed by atoms with van der Waals surface area (Å²) in [6.07, 6.45) is 1.59. The molecule has 2 aromatic rings. The number of hydrogen-bond acceptors (Lipinski definition) is 5. The molecule has 0 radical (unpaired) electrons. The first-order valence-corrected chi connectivity index (χ1v) is 8.22. The van der Waals surface area contributed by atoms with Gasteiger partial charge in [-0.25, -0.2) is 0 Å². The van der Waals surface area contributed by atoms with Crippen LogP contribution in [0.15, 0.2) is 36.4 Å². The highest BCUT2D eigenvalue weighted by Gasteiger charge is 2.26. The fraction of sp³-hybridized carbons (Fsp3) is 0.389. The second kappa shape index (κ2) is 7.29. The standard InChI is InChI=1S/C18H21N3O3/c1-2-24-15-7-5-13(6-8-15)16-9-10-17(20-19-16)21-11-3-4-14(12-21)18(22)23/h5-10,14H,2-4,11-12H2,1H3,(H,22,23). The molecule has 1 aliphatic rings. The Bertz CT molecular complexity index is 686. The Morgan fingerprint density at radius 1 is 1.25 bits per heavy atom. The third-order valence-corrected chi connectivity index (χ3v) is 4.21. The van der Waals surface area contributed by atoms with Crippen molar-refractivity contribution in [3.8, 4) is 17.0 Å². The van der Waals surface area contributed by atoms with Gasteiger partial charge in [0, 0.05) is 18.7 Å². The van der Waals surface area contributed by atoms with Crippen molar-refractivity contribution in [2.24, 2.45) is 5.92 Å². The topological polar surface area (TPSA) is 75.5 Å². The van der Waals surface area contributed by atoms with E-state index in [1.54, 1.807) is 0 Å². The summed E-state index contributed by atoms with van der Waals surface area (Å²) in [5.74, 6) is 0.500. The highest BCUT2D eigenvalue weighted by Crippen LogP contribution is 2.24. The van der Waals surface area contributed by atoms with Crippen molar-refractivity contribution < 1.29 is 14.6 Å². The maximum Gasteiger partial charge on any atom is 0.308 e. The van der Waals surface area contributed by atoms with E-state index in [0.717, 1.165) is 42.2 Å². The van der Waals surface area contributed by atoms with E-state index in [4.69, 9.17) is 4.74 Å². The van der Waals surface area contributed by atoms with Crippen molar-refractivity contribution >= 4 is 11.8 Å². The lowest BCUT2D eigenvalue weighted by molar-refractivity contribution is -0.141. The fourth-order valence-electron chi connectivity index (χ4n) is 2.92. The number of anilines is 1. The summed E-state index contributed by atoms with van der Waals surface area (Å²) >= 11 is 0. The quantitative estimate of drug-likeness (QED) is 0.910. The van der Waals surface area contributed by atoms with E-state index in [1.165, 1.54) is 0 Å². The van der Waals surface area contributed by atoms with Crippen LogP contribution in [0.25, 0.3) is 11.3 Å².